The second-order valence-corrected chi connectivity index (χ2v) is 5.68. The molecule has 2 N–H and O–H groups in total. The summed E-state index contributed by atoms with van der Waals surface area (Å²) in [6.45, 7) is 2.29. The summed E-state index contributed by atoms with van der Waals surface area (Å²) in [5.74, 6) is 0.847. The van der Waals surface area contributed by atoms with Crippen molar-refractivity contribution in [2.75, 3.05) is 0 Å². The highest BCUT2D eigenvalue weighted by Crippen LogP contribution is 2.35. The summed E-state index contributed by atoms with van der Waals surface area (Å²) in [6.07, 6.45) is 10.4. The predicted octanol–water partition coefficient (Wildman–Crippen LogP) is 2.65. The molecule has 1 aliphatic rings. The molecule has 1 heterocycles. The van der Waals surface area contributed by atoms with Crippen LogP contribution in [0.2, 0.25) is 0 Å². The van der Waals surface area contributed by atoms with E-state index in [2.05, 4.69) is 18.1 Å². The first-order valence-electron chi connectivity index (χ1n) is 6.89. The molecule has 0 aromatic carbocycles. The second-order valence-electron chi connectivity index (χ2n) is 5.68. The molecule has 1 aromatic rings. The van der Waals surface area contributed by atoms with E-state index in [9.17, 15) is 0 Å². The fraction of sp³-hybridized carbons (Fsp3) is 0.786. The minimum absolute atomic E-state index is 0.0726. The van der Waals surface area contributed by atoms with Crippen LogP contribution in [-0.4, -0.2) is 15.3 Å². The molecule has 1 fully saturated rings. The van der Waals surface area contributed by atoms with Gasteiger partial charge in [-0.25, -0.2) is 0 Å². The largest absolute Gasteiger partial charge is 0.325 e. The van der Waals surface area contributed by atoms with Gasteiger partial charge in [0, 0.05) is 24.5 Å². The first kappa shape index (κ1) is 12.6. The zero-order valence-corrected chi connectivity index (χ0v) is 11.2. The maximum absolute atomic E-state index is 6.56. The number of nitrogens with zero attached hydrogens (tertiary/aromatic N) is 2. The standard InChI is InChI=1S/C14H25N3/c1-3-12-5-4-8-14(15,11-12)9-6-13-7-10-16-17(13)2/h7,10,12H,3-6,8-9,11,15H2,1-2H3. The summed E-state index contributed by atoms with van der Waals surface area (Å²) in [6, 6.07) is 2.10. The predicted molar refractivity (Wildman–Crippen MR) is 70.7 cm³/mol. The second kappa shape index (κ2) is 5.21. The molecule has 3 heteroatoms. The van der Waals surface area contributed by atoms with Gasteiger partial charge in [0.25, 0.3) is 0 Å². The van der Waals surface area contributed by atoms with E-state index in [0.717, 1.165) is 18.8 Å². The van der Waals surface area contributed by atoms with Crippen molar-refractivity contribution in [2.24, 2.45) is 18.7 Å². The smallest absolute Gasteiger partial charge is 0.0492 e. The lowest BCUT2D eigenvalue weighted by atomic mass is 9.73. The zero-order valence-electron chi connectivity index (χ0n) is 11.2. The van der Waals surface area contributed by atoms with E-state index < -0.39 is 0 Å². The Labute approximate surface area is 104 Å². The maximum Gasteiger partial charge on any atom is 0.0492 e. The Bertz CT molecular complexity index is 358. The summed E-state index contributed by atoms with van der Waals surface area (Å²) in [7, 11) is 2.01. The number of nitrogens with two attached hydrogens (primary N) is 1. The molecule has 0 aliphatic heterocycles. The lowest BCUT2D eigenvalue weighted by molar-refractivity contribution is 0.207. The van der Waals surface area contributed by atoms with Crippen LogP contribution in [0.4, 0.5) is 0 Å². The lowest BCUT2D eigenvalue weighted by Gasteiger charge is -2.38. The average Bonchev–Trinajstić information content (AvgIpc) is 2.72. The van der Waals surface area contributed by atoms with Crippen molar-refractivity contribution >= 4 is 0 Å². The van der Waals surface area contributed by atoms with Crippen LogP contribution in [0.3, 0.4) is 0 Å². The summed E-state index contributed by atoms with van der Waals surface area (Å²) in [5, 5.41) is 4.21. The van der Waals surface area contributed by atoms with E-state index in [4.69, 9.17) is 5.73 Å². The third kappa shape index (κ3) is 3.09. The summed E-state index contributed by atoms with van der Waals surface area (Å²) >= 11 is 0. The van der Waals surface area contributed by atoms with Gasteiger partial charge < -0.3 is 5.73 Å². The van der Waals surface area contributed by atoms with E-state index in [1.54, 1.807) is 0 Å². The van der Waals surface area contributed by atoms with Crippen LogP contribution in [0.5, 0.6) is 0 Å². The van der Waals surface area contributed by atoms with Crippen molar-refractivity contribution < 1.29 is 0 Å². The van der Waals surface area contributed by atoms with Crippen LogP contribution in [0.25, 0.3) is 0 Å². The SMILES string of the molecule is CCC1CCCC(N)(CCc2ccnn2C)C1. The van der Waals surface area contributed by atoms with Crippen molar-refractivity contribution in [3.63, 3.8) is 0 Å². The molecule has 2 rings (SSSR count). The fourth-order valence-corrected chi connectivity index (χ4v) is 3.12. The van der Waals surface area contributed by atoms with Gasteiger partial charge in [-0.15, -0.1) is 0 Å². The van der Waals surface area contributed by atoms with Crippen LogP contribution in [0.1, 0.15) is 51.1 Å². The van der Waals surface area contributed by atoms with Crippen molar-refractivity contribution in [3.05, 3.63) is 18.0 Å². The van der Waals surface area contributed by atoms with Gasteiger partial charge in [0.05, 0.1) is 0 Å². The molecular weight excluding hydrogens is 210 g/mol. The number of aromatic nitrogens is 2. The van der Waals surface area contributed by atoms with Gasteiger partial charge in [-0.3, -0.25) is 4.68 Å². The van der Waals surface area contributed by atoms with Crippen molar-refractivity contribution in [3.8, 4) is 0 Å². The summed E-state index contributed by atoms with van der Waals surface area (Å²) < 4.78 is 1.96. The molecule has 1 aromatic heterocycles. The van der Waals surface area contributed by atoms with E-state index in [0.29, 0.717) is 0 Å². The normalized spacial score (nSPS) is 29.5. The molecule has 2 atom stereocenters. The quantitative estimate of drug-likeness (QED) is 0.872. The first-order chi connectivity index (χ1) is 8.13. The highest BCUT2D eigenvalue weighted by molar-refractivity contribution is 5.02. The zero-order chi connectivity index (χ0) is 12.3. The van der Waals surface area contributed by atoms with Crippen molar-refractivity contribution in [2.45, 2.75) is 57.4 Å². The van der Waals surface area contributed by atoms with E-state index in [-0.39, 0.29) is 5.54 Å². The highest BCUT2D eigenvalue weighted by Gasteiger charge is 2.31. The maximum atomic E-state index is 6.56. The molecule has 1 aliphatic carbocycles. The van der Waals surface area contributed by atoms with Gasteiger partial charge in [-0.1, -0.05) is 26.2 Å². The minimum atomic E-state index is 0.0726. The van der Waals surface area contributed by atoms with Gasteiger partial charge in [-0.2, -0.15) is 5.10 Å². The van der Waals surface area contributed by atoms with Crippen LogP contribution in [0, 0.1) is 5.92 Å². The number of hydrogen-bond acceptors (Lipinski definition) is 2. The number of hydrogen-bond donors (Lipinski definition) is 1. The molecule has 17 heavy (non-hydrogen) atoms. The molecular formula is C14H25N3. The highest BCUT2D eigenvalue weighted by atomic mass is 15.2. The Morgan fingerprint density at radius 3 is 3.06 bits per heavy atom. The molecule has 3 nitrogen and oxygen atoms in total. The summed E-state index contributed by atoms with van der Waals surface area (Å²) in [4.78, 5) is 0. The van der Waals surface area contributed by atoms with Gasteiger partial charge in [0.1, 0.15) is 0 Å². The monoisotopic (exact) mass is 235 g/mol. The van der Waals surface area contributed by atoms with Crippen molar-refractivity contribution in [1.29, 1.82) is 0 Å². The Hall–Kier alpha value is -0.830. The lowest BCUT2D eigenvalue weighted by Crippen LogP contribution is -2.44. The van der Waals surface area contributed by atoms with E-state index >= 15 is 0 Å². The molecule has 2 unspecified atom stereocenters. The number of aryl methyl sites for hydroxylation is 2. The number of rotatable bonds is 4. The van der Waals surface area contributed by atoms with Crippen LogP contribution >= 0.6 is 0 Å². The Morgan fingerprint density at radius 2 is 2.41 bits per heavy atom. The molecule has 96 valence electrons. The third-order valence-corrected chi connectivity index (χ3v) is 4.36. The third-order valence-electron chi connectivity index (χ3n) is 4.36. The van der Waals surface area contributed by atoms with Gasteiger partial charge >= 0.3 is 0 Å². The minimum Gasteiger partial charge on any atom is -0.325 e. The molecule has 0 amide bonds. The van der Waals surface area contributed by atoms with Crippen LogP contribution < -0.4 is 5.73 Å². The fourth-order valence-electron chi connectivity index (χ4n) is 3.12. The van der Waals surface area contributed by atoms with Gasteiger partial charge in [-0.05, 0) is 37.7 Å². The topological polar surface area (TPSA) is 43.8 Å². The summed E-state index contributed by atoms with van der Waals surface area (Å²) in [5.41, 5.74) is 7.93. The first-order valence-corrected chi connectivity index (χ1v) is 6.89. The Balaban J connectivity index is 1.91. The van der Waals surface area contributed by atoms with E-state index in [1.807, 2.05) is 17.9 Å². The van der Waals surface area contributed by atoms with Crippen LogP contribution in [0.15, 0.2) is 12.3 Å². The Morgan fingerprint density at radius 1 is 1.59 bits per heavy atom. The molecule has 1 saturated carbocycles. The van der Waals surface area contributed by atoms with Crippen molar-refractivity contribution in [1.82, 2.24) is 9.78 Å². The average molecular weight is 235 g/mol. The molecule has 0 saturated heterocycles. The van der Waals surface area contributed by atoms with Gasteiger partial charge in [0.2, 0.25) is 0 Å². The molecule has 0 radical (unpaired) electrons. The van der Waals surface area contributed by atoms with Crippen LogP contribution in [-0.2, 0) is 13.5 Å². The molecule has 0 bridgehead atoms. The van der Waals surface area contributed by atoms with E-state index in [1.165, 1.54) is 37.8 Å². The molecule has 0 spiro atoms. The van der Waals surface area contributed by atoms with Gasteiger partial charge in [0.15, 0.2) is 0 Å². The Kier molecular flexibility index (Phi) is 3.87.